The number of hydrogen-bond donors (Lipinski definition) is 2. The minimum absolute atomic E-state index is 0.108. The Balaban J connectivity index is 1.89. The van der Waals surface area contributed by atoms with Crippen LogP contribution in [0.5, 0.6) is 0 Å². The van der Waals surface area contributed by atoms with Crippen LogP contribution in [0.15, 0.2) is 11.6 Å². The molecule has 1 unspecified atom stereocenters. The number of carbonyl (C=O) groups is 2. The second-order valence-electron chi connectivity index (χ2n) is 7.63. The Morgan fingerprint density at radius 3 is 2.71 bits per heavy atom. The van der Waals surface area contributed by atoms with E-state index in [1.807, 2.05) is 0 Å². The molecule has 6 heteroatoms. The number of carbonyl (C=O) groups excluding carboxylic acids is 2. The smallest absolute Gasteiger partial charge is 0.338 e. The monoisotopic (exact) mass is 338 g/mol. The predicted octanol–water partition coefficient (Wildman–Crippen LogP) is -0.144. The van der Waals surface area contributed by atoms with Crippen molar-refractivity contribution in [1.82, 2.24) is 0 Å². The molecule has 3 heterocycles. The predicted molar refractivity (Wildman–Crippen MR) is 86.2 cm³/mol. The molecule has 0 aromatic rings. The maximum Gasteiger partial charge on any atom is 0.338 e. The summed E-state index contributed by atoms with van der Waals surface area (Å²) in [6, 6.07) is 0.196. The molecule has 0 radical (unpaired) electrons. The molecule has 0 aliphatic carbocycles. The van der Waals surface area contributed by atoms with Gasteiger partial charge >= 0.3 is 11.9 Å². The highest BCUT2D eigenvalue weighted by Gasteiger charge is 2.51. The van der Waals surface area contributed by atoms with E-state index in [1.54, 1.807) is 19.9 Å². The summed E-state index contributed by atoms with van der Waals surface area (Å²) in [6.45, 7) is 7.31. The largest absolute Gasteiger partial charge is 0.463 e. The van der Waals surface area contributed by atoms with Crippen molar-refractivity contribution in [2.75, 3.05) is 19.7 Å². The van der Waals surface area contributed by atoms with Crippen LogP contribution in [0.2, 0.25) is 0 Å². The van der Waals surface area contributed by atoms with Crippen LogP contribution in [-0.4, -0.2) is 54.5 Å². The van der Waals surface area contributed by atoms with Gasteiger partial charge in [0.1, 0.15) is 12.6 Å². The Morgan fingerprint density at radius 1 is 1.29 bits per heavy atom. The first-order valence-corrected chi connectivity index (χ1v) is 8.95. The number of aliphatic hydroxyl groups is 1. The standard InChI is InChI=1S/C18H27NO5/c1-4-12-9-11(2)18(3,22)17(21)23-10-13-5-7-19-8-6-14(15(13)19)24-16(12)20/h4,11,13-15,22H,5-10H2,1-3H3/p+1/b12-4+/t11-,13-,14+,15-,18+/m0/s1. The maximum absolute atomic E-state index is 12.6. The topological polar surface area (TPSA) is 77.3 Å². The van der Waals surface area contributed by atoms with Gasteiger partial charge in [-0.15, -0.1) is 0 Å². The molecule has 24 heavy (non-hydrogen) atoms. The van der Waals surface area contributed by atoms with Gasteiger partial charge in [-0.25, -0.2) is 9.59 Å². The first-order chi connectivity index (χ1) is 11.3. The van der Waals surface area contributed by atoms with Crippen LogP contribution in [-0.2, 0) is 19.1 Å². The summed E-state index contributed by atoms with van der Waals surface area (Å²) in [5.74, 6) is -1.16. The van der Waals surface area contributed by atoms with E-state index in [-0.39, 0.29) is 30.5 Å². The number of ether oxygens (including phenoxy) is 2. The van der Waals surface area contributed by atoms with Crippen LogP contribution >= 0.6 is 0 Å². The molecule has 0 saturated carbocycles. The molecule has 6 nitrogen and oxygen atoms in total. The molecule has 0 aromatic heterocycles. The number of nitrogens with one attached hydrogen (secondary N) is 1. The van der Waals surface area contributed by atoms with Crippen molar-refractivity contribution in [2.45, 2.75) is 57.8 Å². The molecule has 3 aliphatic rings. The van der Waals surface area contributed by atoms with E-state index < -0.39 is 17.5 Å². The first kappa shape index (κ1) is 17.4. The van der Waals surface area contributed by atoms with Crippen LogP contribution in [0.1, 0.15) is 40.0 Å². The third-order valence-corrected chi connectivity index (χ3v) is 6.16. The Bertz CT molecular complexity index is 556. The summed E-state index contributed by atoms with van der Waals surface area (Å²) in [7, 11) is 0. The van der Waals surface area contributed by atoms with Crippen molar-refractivity contribution in [3.63, 3.8) is 0 Å². The second kappa shape index (κ2) is 6.48. The van der Waals surface area contributed by atoms with Crippen molar-refractivity contribution in [2.24, 2.45) is 11.8 Å². The minimum Gasteiger partial charge on any atom is -0.463 e. The van der Waals surface area contributed by atoms with Crippen molar-refractivity contribution < 1.29 is 29.1 Å². The Kier molecular flexibility index (Phi) is 4.71. The SMILES string of the molecule is C/C=C1\C[C@H](C)[C@@](C)(O)C(=O)OC[C@@H]2CC[NH+]3CC[C@@H](OC1=O)[C@H]23. The van der Waals surface area contributed by atoms with Gasteiger partial charge in [-0.05, 0) is 26.2 Å². The molecule has 3 rings (SSSR count). The van der Waals surface area contributed by atoms with E-state index >= 15 is 0 Å². The number of hydrogen-bond acceptors (Lipinski definition) is 5. The van der Waals surface area contributed by atoms with Gasteiger partial charge in [0.2, 0.25) is 0 Å². The van der Waals surface area contributed by atoms with Gasteiger partial charge in [0.05, 0.1) is 19.0 Å². The Hall–Kier alpha value is -1.40. The number of esters is 2. The molecule has 3 fully saturated rings. The van der Waals surface area contributed by atoms with Crippen molar-refractivity contribution in [3.05, 3.63) is 11.6 Å². The fourth-order valence-electron chi connectivity index (χ4n) is 4.33. The molecule has 0 aromatic carbocycles. The minimum atomic E-state index is -1.62. The van der Waals surface area contributed by atoms with E-state index in [4.69, 9.17) is 9.47 Å². The molecular formula is C18H28NO5+. The summed E-state index contributed by atoms with van der Waals surface area (Å²) in [5, 5.41) is 10.6. The van der Waals surface area contributed by atoms with Crippen LogP contribution < -0.4 is 4.90 Å². The summed E-state index contributed by atoms with van der Waals surface area (Å²) < 4.78 is 11.3. The zero-order valence-corrected chi connectivity index (χ0v) is 14.7. The average molecular weight is 338 g/mol. The summed E-state index contributed by atoms with van der Waals surface area (Å²) in [4.78, 5) is 26.4. The molecule has 134 valence electrons. The van der Waals surface area contributed by atoms with Gasteiger partial charge < -0.3 is 19.5 Å². The van der Waals surface area contributed by atoms with Crippen LogP contribution in [0.4, 0.5) is 0 Å². The maximum atomic E-state index is 12.6. The van der Waals surface area contributed by atoms with Crippen LogP contribution in [0.3, 0.4) is 0 Å². The lowest BCUT2D eigenvalue weighted by molar-refractivity contribution is -0.902. The van der Waals surface area contributed by atoms with Gasteiger partial charge in [-0.1, -0.05) is 13.0 Å². The average Bonchev–Trinajstić information content (AvgIpc) is 3.12. The molecule has 3 saturated heterocycles. The molecule has 0 spiro atoms. The number of allylic oxidation sites excluding steroid dienone is 1. The van der Waals surface area contributed by atoms with Crippen LogP contribution in [0.25, 0.3) is 0 Å². The molecule has 0 amide bonds. The lowest BCUT2D eigenvalue weighted by atomic mass is 9.85. The van der Waals surface area contributed by atoms with Crippen molar-refractivity contribution >= 4 is 11.9 Å². The highest BCUT2D eigenvalue weighted by Crippen LogP contribution is 2.30. The van der Waals surface area contributed by atoms with Gasteiger partial charge in [0.15, 0.2) is 11.7 Å². The van der Waals surface area contributed by atoms with E-state index in [0.29, 0.717) is 12.2 Å². The summed E-state index contributed by atoms with van der Waals surface area (Å²) in [6.07, 6.45) is 3.71. The van der Waals surface area contributed by atoms with Gasteiger partial charge in [-0.2, -0.15) is 0 Å². The Labute approximate surface area is 142 Å². The van der Waals surface area contributed by atoms with Gasteiger partial charge in [-0.3, -0.25) is 0 Å². The highest BCUT2D eigenvalue weighted by molar-refractivity contribution is 5.89. The fourth-order valence-corrected chi connectivity index (χ4v) is 4.33. The van der Waals surface area contributed by atoms with Gasteiger partial charge in [0.25, 0.3) is 0 Å². The normalized spacial score (nSPS) is 45.2. The Morgan fingerprint density at radius 2 is 2.00 bits per heavy atom. The van der Waals surface area contributed by atoms with E-state index in [9.17, 15) is 14.7 Å². The second-order valence-corrected chi connectivity index (χ2v) is 7.63. The van der Waals surface area contributed by atoms with Crippen LogP contribution in [0, 0.1) is 11.8 Å². The van der Waals surface area contributed by atoms with Gasteiger partial charge in [0, 0.05) is 18.4 Å². The van der Waals surface area contributed by atoms with E-state index in [0.717, 1.165) is 25.9 Å². The summed E-state index contributed by atoms with van der Waals surface area (Å²) in [5.41, 5.74) is -1.10. The zero-order valence-electron chi connectivity index (χ0n) is 14.7. The number of cyclic esters (lactones) is 1. The number of quaternary nitrogens is 1. The zero-order chi connectivity index (χ0) is 17.5. The molecule has 3 aliphatic heterocycles. The quantitative estimate of drug-likeness (QED) is 0.475. The first-order valence-electron chi connectivity index (χ1n) is 8.95. The lowest BCUT2D eigenvalue weighted by Gasteiger charge is -2.31. The van der Waals surface area contributed by atoms with Crippen molar-refractivity contribution in [1.29, 1.82) is 0 Å². The van der Waals surface area contributed by atoms with Crippen molar-refractivity contribution in [3.8, 4) is 0 Å². The molecule has 0 bridgehead atoms. The third kappa shape index (κ3) is 2.97. The van der Waals surface area contributed by atoms with E-state index in [1.165, 1.54) is 11.8 Å². The third-order valence-electron chi connectivity index (χ3n) is 6.16. The lowest BCUT2D eigenvalue weighted by Crippen LogP contribution is -3.12. The van der Waals surface area contributed by atoms with E-state index in [2.05, 4.69) is 0 Å². The number of rotatable bonds is 0. The molecular weight excluding hydrogens is 310 g/mol. The fraction of sp³-hybridized carbons (Fsp3) is 0.778. The molecule has 6 atom stereocenters. The summed E-state index contributed by atoms with van der Waals surface area (Å²) >= 11 is 0. The molecule has 2 N–H and O–H groups in total. The highest BCUT2D eigenvalue weighted by atomic mass is 16.6.